The Balaban J connectivity index is 1.93. The van der Waals surface area contributed by atoms with Crippen molar-refractivity contribution in [3.63, 3.8) is 0 Å². The normalized spacial score (nSPS) is 30.0. The van der Waals surface area contributed by atoms with E-state index in [-0.39, 0.29) is 23.0 Å². The predicted octanol–water partition coefficient (Wildman–Crippen LogP) is 6.31. The Kier molecular flexibility index (Phi) is 6.08. The molecule has 4 heteroatoms. The highest BCUT2D eigenvalue weighted by Crippen LogP contribution is 2.56. The number of fused-ring (bicyclic) bond motifs is 1. The Labute approximate surface area is 178 Å². The number of aliphatic hydroxyl groups is 1. The molecule has 0 spiro atoms. The lowest BCUT2D eigenvalue weighted by atomic mass is 9.70. The van der Waals surface area contributed by atoms with E-state index in [1.807, 2.05) is 0 Å². The minimum Gasteiger partial charge on any atom is -0.541 e. The van der Waals surface area contributed by atoms with Crippen LogP contribution < -0.4 is 9.16 Å². The Morgan fingerprint density at radius 1 is 1.21 bits per heavy atom. The molecule has 0 heterocycles. The number of hydrogen-bond donors (Lipinski definition) is 1. The van der Waals surface area contributed by atoms with Gasteiger partial charge in [0.05, 0.1) is 13.2 Å². The third-order valence-corrected chi connectivity index (χ3v) is 12.0. The summed E-state index contributed by atoms with van der Waals surface area (Å²) >= 11 is 0. The van der Waals surface area contributed by atoms with Gasteiger partial charge in [-0.05, 0) is 78.8 Å². The Bertz CT molecular complexity index is 777. The summed E-state index contributed by atoms with van der Waals surface area (Å²) in [5.74, 6) is 2.81. The van der Waals surface area contributed by atoms with Crippen LogP contribution in [-0.2, 0) is 0 Å². The van der Waals surface area contributed by atoms with Gasteiger partial charge in [0.15, 0.2) is 5.75 Å². The van der Waals surface area contributed by atoms with Crippen LogP contribution in [0.25, 0.3) is 0 Å². The molecular weight excluding hydrogens is 376 g/mol. The number of methoxy groups -OCH3 is 1. The van der Waals surface area contributed by atoms with Crippen molar-refractivity contribution in [2.45, 2.75) is 70.2 Å². The first-order valence-electron chi connectivity index (χ1n) is 10.9. The smallest absolute Gasteiger partial charge is 0.250 e. The van der Waals surface area contributed by atoms with Crippen molar-refractivity contribution in [1.29, 1.82) is 0 Å². The van der Waals surface area contributed by atoms with E-state index in [1.165, 1.54) is 11.1 Å². The number of benzene rings is 1. The molecule has 1 N–H and O–H groups in total. The molecule has 0 aliphatic heterocycles. The molecule has 3 rings (SSSR count). The topological polar surface area (TPSA) is 38.7 Å². The molecule has 2 saturated carbocycles. The van der Waals surface area contributed by atoms with Crippen LogP contribution in [0.5, 0.6) is 11.5 Å². The first-order chi connectivity index (χ1) is 13.5. The second kappa shape index (κ2) is 7.96. The van der Waals surface area contributed by atoms with Crippen LogP contribution in [0.3, 0.4) is 0 Å². The second-order valence-corrected chi connectivity index (χ2v) is 15.1. The summed E-state index contributed by atoms with van der Waals surface area (Å²) in [6, 6.07) is 6.36. The first kappa shape index (κ1) is 22.2. The lowest BCUT2D eigenvalue weighted by molar-refractivity contribution is 0.0565. The summed E-state index contributed by atoms with van der Waals surface area (Å²) in [5.41, 5.74) is 2.50. The van der Waals surface area contributed by atoms with E-state index in [1.54, 1.807) is 7.11 Å². The first-order valence-corrected chi connectivity index (χ1v) is 13.8. The predicted molar refractivity (Wildman–Crippen MR) is 123 cm³/mol. The van der Waals surface area contributed by atoms with Gasteiger partial charge < -0.3 is 14.3 Å². The molecule has 2 aliphatic rings. The van der Waals surface area contributed by atoms with Gasteiger partial charge in [0.1, 0.15) is 5.75 Å². The van der Waals surface area contributed by atoms with Gasteiger partial charge >= 0.3 is 0 Å². The average Bonchev–Trinajstić information content (AvgIpc) is 3.05. The summed E-state index contributed by atoms with van der Waals surface area (Å²) in [7, 11) is -0.245. The van der Waals surface area contributed by atoms with Crippen LogP contribution in [0, 0.1) is 17.8 Å². The zero-order valence-corrected chi connectivity index (χ0v) is 20.0. The van der Waals surface area contributed by atoms with E-state index < -0.39 is 8.32 Å². The Morgan fingerprint density at radius 2 is 1.90 bits per heavy atom. The summed E-state index contributed by atoms with van der Waals surface area (Å²) in [6.07, 6.45) is 4.51. The minimum atomic E-state index is -1.95. The molecular formula is C25H38O3Si. The highest BCUT2D eigenvalue weighted by atomic mass is 28.4. The van der Waals surface area contributed by atoms with E-state index >= 15 is 0 Å². The molecule has 1 aromatic rings. The van der Waals surface area contributed by atoms with Crippen LogP contribution in [0.15, 0.2) is 43.0 Å². The van der Waals surface area contributed by atoms with Gasteiger partial charge in [-0.2, -0.15) is 0 Å². The van der Waals surface area contributed by atoms with E-state index in [2.05, 4.69) is 71.3 Å². The highest BCUT2D eigenvalue weighted by molar-refractivity contribution is 6.74. The van der Waals surface area contributed by atoms with Gasteiger partial charge in [-0.1, -0.05) is 45.1 Å². The maximum Gasteiger partial charge on any atom is 0.250 e. The van der Waals surface area contributed by atoms with Crippen molar-refractivity contribution < 1.29 is 14.3 Å². The standard InChI is InChI=1S/C25H38O3Si/c1-9-17-14-19(24-20(26)12-10-16(2)23(17)24)18-11-13-21(22(15-18)27-6)28-29(7,8)25(3,4)5/h9,11,13,15,17,19-20,23-24,26H,1-2,10,12,14H2,3-8H3/t17-,19+,20+,23+,24+/m0/s1. The summed E-state index contributed by atoms with van der Waals surface area (Å²) in [4.78, 5) is 0. The molecule has 0 amide bonds. The van der Waals surface area contributed by atoms with Crippen molar-refractivity contribution in [3.05, 3.63) is 48.6 Å². The maximum absolute atomic E-state index is 10.8. The van der Waals surface area contributed by atoms with Crippen LogP contribution in [0.4, 0.5) is 0 Å². The van der Waals surface area contributed by atoms with E-state index in [9.17, 15) is 5.11 Å². The van der Waals surface area contributed by atoms with Crippen molar-refractivity contribution in [2.75, 3.05) is 7.11 Å². The highest BCUT2D eigenvalue weighted by Gasteiger charge is 2.49. The molecule has 2 aliphatic carbocycles. The molecule has 2 fully saturated rings. The van der Waals surface area contributed by atoms with Crippen molar-refractivity contribution in [2.24, 2.45) is 17.8 Å². The molecule has 0 aromatic heterocycles. The molecule has 1 aromatic carbocycles. The zero-order chi connectivity index (χ0) is 21.6. The number of hydrogen-bond acceptors (Lipinski definition) is 3. The summed E-state index contributed by atoms with van der Waals surface area (Å²) < 4.78 is 12.3. The quantitative estimate of drug-likeness (QED) is 0.453. The fourth-order valence-electron chi connectivity index (χ4n) is 4.94. The van der Waals surface area contributed by atoms with Gasteiger partial charge in [-0.25, -0.2) is 0 Å². The van der Waals surface area contributed by atoms with E-state index in [0.717, 1.165) is 30.8 Å². The molecule has 160 valence electrons. The van der Waals surface area contributed by atoms with Crippen molar-refractivity contribution in [3.8, 4) is 11.5 Å². The SMILES string of the molecule is C=C[C@H]1C[C@H](c2ccc(O[Si](C)(C)C(C)(C)C)c(OC)c2)[C@H]2[C@@H]1C(=C)CC[C@H]2O. The molecule has 0 unspecified atom stereocenters. The van der Waals surface area contributed by atoms with Gasteiger partial charge in [0.25, 0.3) is 8.32 Å². The van der Waals surface area contributed by atoms with Crippen LogP contribution in [0.1, 0.15) is 51.5 Å². The Hall–Kier alpha value is -1.52. The van der Waals surface area contributed by atoms with Crippen molar-refractivity contribution >= 4 is 8.32 Å². The van der Waals surface area contributed by atoms with Gasteiger partial charge in [-0.3, -0.25) is 0 Å². The third-order valence-electron chi connectivity index (χ3n) is 7.63. The second-order valence-electron chi connectivity index (χ2n) is 10.4. The number of allylic oxidation sites excluding steroid dienone is 2. The number of ether oxygens (including phenoxy) is 1. The Morgan fingerprint density at radius 3 is 2.48 bits per heavy atom. The molecule has 3 nitrogen and oxygen atoms in total. The third kappa shape index (κ3) is 4.06. The molecule has 0 bridgehead atoms. The summed E-state index contributed by atoms with van der Waals surface area (Å²) in [5, 5.41) is 11.0. The zero-order valence-electron chi connectivity index (χ0n) is 19.0. The minimum absolute atomic E-state index is 0.124. The number of rotatable bonds is 5. The van der Waals surface area contributed by atoms with Crippen LogP contribution in [-0.4, -0.2) is 26.6 Å². The molecule has 29 heavy (non-hydrogen) atoms. The lowest BCUT2D eigenvalue weighted by Gasteiger charge is -2.37. The molecule has 0 radical (unpaired) electrons. The molecule has 0 saturated heterocycles. The fourth-order valence-corrected chi connectivity index (χ4v) is 5.96. The lowest BCUT2D eigenvalue weighted by Crippen LogP contribution is -2.43. The average molecular weight is 415 g/mol. The fraction of sp³-hybridized carbons (Fsp3) is 0.600. The van der Waals surface area contributed by atoms with Gasteiger partial charge in [0, 0.05) is 0 Å². The van der Waals surface area contributed by atoms with Gasteiger partial charge in [0.2, 0.25) is 0 Å². The molecule has 5 atom stereocenters. The summed E-state index contributed by atoms with van der Waals surface area (Å²) in [6.45, 7) is 19.6. The number of aliphatic hydroxyl groups excluding tert-OH is 1. The van der Waals surface area contributed by atoms with Crippen molar-refractivity contribution in [1.82, 2.24) is 0 Å². The monoisotopic (exact) mass is 414 g/mol. The van der Waals surface area contributed by atoms with Gasteiger partial charge in [-0.15, -0.1) is 6.58 Å². The maximum atomic E-state index is 10.8. The van der Waals surface area contributed by atoms with Crippen LogP contribution in [0.2, 0.25) is 18.1 Å². The van der Waals surface area contributed by atoms with Crippen LogP contribution >= 0.6 is 0 Å². The van der Waals surface area contributed by atoms with E-state index in [4.69, 9.17) is 9.16 Å². The van der Waals surface area contributed by atoms with E-state index in [0.29, 0.717) is 11.8 Å². The largest absolute Gasteiger partial charge is 0.541 e.